The number of hydrogen-bond donors (Lipinski definition) is 0. The van der Waals surface area contributed by atoms with Crippen LogP contribution >= 0.6 is 0 Å². The largest absolute Gasteiger partial charge is 0.469 e. The molecule has 0 aromatic rings. The summed E-state index contributed by atoms with van der Waals surface area (Å²) in [4.78, 5) is 11.0. The van der Waals surface area contributed by atoms with Crippen LogP contribution in [0.15, 0.2) is 12.1 Å². The van der Waals surface area contributed by atoms with Crippen LogP contribution in [0, 0.1) is 11.8 Å². The van der Waals surface area contributed by atoms with Crippen molar-refractivity contribution in [3.05, 3.63) is 12.1 Å². The SMILES string of the molecule is [B]/C=C/C(C)CC(C)C(=O)OC. The Kier molecular flexibility index (Phi) is 5.51. The molecule has 0 aromatic carbocycles. The Labute approximate surface area is 75.4 Å². The molecule has 0 N–H and O–H groups in total. The first-order valence-corrected chi connectivity index (χ1v) is 4.08. The van der Waals surface area contributed by atoms with Gasteiger partial charge in [0.2, 0.25) is 0 Å². The van der Waals surface area contributed by atoms with Crippen molar-refractivity contribution in [3.63, 3.8) is 0 Å². The lowest BCUT2D eigenvalue weighted by Crippen LogP contribution is -2.14. The van der Waals surface area contributed by atoms with Gasteiger partial charge in [-0.15, -0.1) is 5.98 Å². The van der Waals surface area contributed by atoms with Crippen molar-refractivity contribution >= 4 is 13.8 Å². The number of hydrogen-bond acceptors (Lipinski definition) is 2. The minimum atomic E-state index is -0.160. The summed E-state index contributed by atoms with van der Waals surface area (Å²) in [5.74, 6) is 1.62. The average Bonchev–Trinajstić information content (AvgIpc) is 2.03. The minimum absolute atomic E-state index is 0.0544. The quantitative estimate of drug-likeness (QED) is 0.467. The molecular formula is C9H15BO2. The van der Waals surface area contributed by atoms with Gasteiger partial charge < -0.3 is 4.74 Å². The average molecular weight is 166 g/mol. The molecule has 0 aliphatic carbocycles. The van der Waals surface area contributed by atoms with Gasteiger partial charge in [0.15, 0.2) is 0 Å². The van der Waals surface area contributed by atoms with Gasteiger partial charge in [-0.3, -0.25) is 4.79 Å². The van der Waals surface area contributed by atoms with Gasteiger partial charge in [0, 0.05) is 0 Å². The molecule has 2 unspecified atom stereocenters. The molecule has 2 radical (unpaired) electrons. The van der Waals surface area contributed by atoms with Gasteiger partial charge in [0.25, 0.3) is 0 Å². The highest BCUT2D eigenvalue weighted by atomic mass is 16.5. The van der Waals surface area contributed by atoms with Gasteiger partial charge in [-0.1, -0.05) is 19.9 Å². The van der Waals surface area contributed by atoms with Crippen LogP contribution in [0.25, 0.3) is 0 Å². The van der Waals surface area contributed by atoms with Crippen LogP contribution in [-0.4, -0.2) is 20.9 Å². The van der Waals surface area contributed by atoms with Gasteiger partial charge in [0.05, 0.1) is 13.0 Å². The highest BCUT2D eigenvalue weighted by Gasteiger charge is 2.14. The smallest absolute Gasteiger partial charge is 0.308 e. The summed E-state index contributed by atoms with van der Waals surface area (Å²) in [6, 6.07) is 0. The molecule has 0 fully saturated rings. The van der Waals surface area contributed by atoms with Crippen LogP contribution in [0.4, 0.5) is 0 Å². The molecule has 0 rings (SSSR count). The molecule has 0 saturated carbocycles. The molecule has 0 amide bonds. The van der Waals surface area contributed by atoms with Crippen molar-refractivity contribution < 1.29 is 9.53 Å². The lowest BCUT2D eigenvalue weighted by atomic mass is 9.95. The first-order valence-electron chi connectivity index (χ1n) is 4.08. The van der Waals surface area contributed by atoms with E-state index in [0.29, 0.717) is 5.92 Å². The number of rotatable bonds is 4. The van der Waals surface area contributed by atoms with E-state index in [9.17, 15) is 4.79 Å². The molecule has 2 atom stereocenters. The van der Waals surface area contributed by atoms with E-state index < -0.39 is 0 Å². The monoisotopic (exact) mass is 166 g/mol. The summed E-state index contributed by atoms with van der Waals surface area (Å²) in [6.45, 7) is 3.87. The molecular weight excluding hydrogens is 151 g/mol. The van der Waals surface area contributed by atoms with Crippen LogP contribution < -0.4 is 0 Å². The number of ether oxygens (including phenoxy) is 1. The fourth-order valence-electron chi connectivity index (χ4n) is 1.12. The van der Waals surface area contributed by atoms with E-state index >= 15 is 0 Å². The molecule has 0 spiro atoms. The zero-order valence-electron chi connectivity index (χ0n) is 7.91. The van der Waals surface area contributed by atoms with Crippen LogP contribution in [0.1, 0.15) is 20.3 Å². The highest BCUT2D eigenvalue weighted by Crippen LogP contribution is 2.13. The van der Waals surface area contributed by atoms with Gasteiger partial charge in [0.1, 0.15) is 7.85 Å². The summed E-state index contributed by atoms with van der Waals surface area (Å²) in [5, 5.41) is 0. The zero-order valence-corrected chi connectivity index (χ0v) is 7.91. The van der Waals surface area contributed by atoms with Crippen molar-refractivity contribution in [3.8, 4) is 0 Å². The van der Waals surface area contributed by atoms with E-state index in [4.69, 9.17) is 7.85 Å². The first kappa shape index (κ1) is 11.3. The Morgan fingerprint density at radius 1 is 1.58 bits per heavy atom. The summed E-state index contributed by atoms with van der Waals surface area (Å²) in [6.07, 6.45) is 2.65. The van der Waals surface area contributed by atoms with Gasteiger partial charge in [-0.05, 0) is 12.3 Å². The van der Waals surface area contributed by atoms with Crippen molar-refractivity contribution in [2.24, 2.45) is 11.8 Å². The number of methoxy groups -OCH3 is 1. The zero-order chi connectivity index (χ0) is 9.56. The third kappa shape index (κ3) is 4.22. The van der Waals surface area contributed by atoms with Gasteiger partial charge in [-0.25, -0.2) is 0 Å². The molecule has 0 aromatic heterocycles. The number of allylic oxidation sites excluding steroid dienone is 1. The molecule has 0 aliphatic heterocycles. The maximum atomic E-state index is 11.0. The second kappa shape index (κ2) is 5.87. The van der Waals surface area contributed by atoms with Gasteiger partial charge >= 0.3 is 5.97 Å². The normalized spacial score (nSPS) is 15.9. The molecule has 0 saturated heterocycles. The summed E-state index contributed by atoms with van der Waals surface area (Å²) in [5.41, 5.74) is 0. The Morgan fingerprint density at radius 2 is 2.17 bits per heavy atom. The lowest BCUT2D eigenvalue weighted by Gasteiger charge is -2.11. The van der Waals surface area contributed by atoms with Crippen LogP contribution in [0.2, 0.25) is 0 Å². The fourth-order valence-corrected chi connectivity index (χ4v) is 1.12. The van der Waals surface area contributed by atoms with E-state index in [-0.39, 0.29) is 11.9 Å². The van der Waals surface area contributed by atoms with Crippen molar-refractivity contribution in [2.45, 2.75) is 20.3 Å². The molecule has 0 aliphatic rings. The van der Waals surface area contributed by atoms with Crippen LogP contribution in [0.5, 0.6) is 0 Å². The third-order valence-electron chi connectivity index (χ3n) is 1.77. The third-order valence-corrected chi connectivity index (χ3v) is 1.77. The van der Waals surface area contributed by atoms with Crippen molar-refractivity contribution in [1.82, 2.24) is 0 Å². The maximum Gasteiger partial charge on any atom is 0.308 e. The summed E-state index contributed by atoms with van der Waals surface area (Å²) >= 11 is 0. The molecule has 0 heterocycles. The highest BCUT2D eigenvalue weighted by molar-refractivity contribution is 6.16. The van der Waals surface area contributed by atoms with Crippen molar-refractivity contribution in [1.29, 1.82) is 0 Å². The number of carbonyl (C=O) groups excluding carboxylic acids is 1. The van der Waals surface area contributed by atoms with Crippen molar-refractivity contribution in [2.75, 3.05) is 7.11 Å². The van der Waals surface area contributed by atoms with Crippen LogP contribution in [0.3, 0.4) is 0 Å². The van der Waals surface area contributed by atoms with Crippen LogP contribution in [-0.2, 0) is 9.53 Å². The van der Waals surface area contributed by atoms with E-state index in [2.05, 4.69) is 4.74 Å². The summed E-state index contributed by atoms with van der Waals surface area (Å²) < 4.78 is 4.60. The maximum absolute atomic E-state index is 11.0. The van der Waals surface area contributed by atoms with Gasteiger partial charge in [-0.2, -0.15) is 0 Å². The topological polar surface area (TPSA) is 26.3 Å². The Balaban J connectivity index is 3.83. The molecule has 2 nitrogen and oxygen atoms in total. The Bertz CT molecular complexity index is 166. The Morgan fingerprint density at radius 3 is 2.58 bits per heavy atom. The Hall–Kier alpha value is -0.725. The second-order valence-corrected chi connectivity index (χ2v) is 3.02. The predicted molar refractivity (Wildman–Crippen MR) is 49.9 cm³/mol. The number of carbonyl (C=O) groups is 1. The van der Waals surface area contributed by atoms with E-state index in [0.717, 1.165) is 6.42 Å². The molecule has 66 valence electrons. The standard InChI is InChI=1S/C9H15BO2/c1-7(4-5-10)6-8(2)9(11)12-3/h4-5,7-8H,6H2,1-3H3/b5-4+. The molecule has 0 bridgehead atoms. The summed E-state index contributed by atoms with van der Waals surface area (Å²) in [7, 11) is 6.62. The first-order chi connectivity index (χ1) is 5.61. The van der Waals surface area contributed by atoms with E-state index in [1.165, 1.54) is 13.1 Å². The fraction of sp³-hybridized carbons (Fsp3) is 0.667. The molecule has 12 heavy (non-hydrogen) atoms. The predicted octanol–water partition coefficient (Wildman–Crippen LogP) is 1.50. The number of esters is 1. The molecule has 3 heteroatoms. The van der Waals surface area contributed by atoms with E-state index in [1.807, 2.05) is 19.9 Å². The lowest BCUT2D eigenvalue weighted by molar-refractivity contribution is -0.145. The van der Waals surface area contributed by atoms with E-state index in [1.54, 1.807) is 0 Å². The second-order valence-electron chi connectivity index (χ2n) is 3.02. The minimum Gasteiger partial charge on any atom is -0.469 e.